The Bertz CT molecular complexity index is 302. The predicted molar refractivity (Wildman–Crippen MR) is 59.1 cm³/mol. The second-order valence-electron chi connectivity index (χ2n) is 3.93. The largest absolute Gasteiger partial charge is 0.491 e. The topological polar surface area (TPSA) is 38.7 Å². The average Bonchev–Trinajstić information content (AvgIpc) is 2.17. The third-order valence-electron chi connectivity index (χ3n) is 2.10. The lowest BCUT2D eigenvalue weighted by Crippen LogP contribution is -2.15. The maximum atomic E-state index is 9.80. The number of rotatable bonds is 5. The van der Waals surface area contributed by atoms with Gasteiger partial charge >= 0.3 is 0 Å². The minimum atomic E-state index is -0.833. The van der Waals surface area contributed by atoms with Gasteiger partial charge in [0.2, 0.25) is 0 Å². The molecule has 0 atom stereocenters. The Morgan fingerprint density at radius 2 is 2.00 bits per heavy atom. The predicted octanol–water partition coefficient (Wildman–Crippen LogP) is 1.94. The van der Waals surface area contributed by atoms with Crippen LogP contribution in [0.5, 0.6) is 5.75 Å². The van der Waals surface area contributed by atoms with Gasteiger partial charge in [-0.1, -0.05) is 12.1 Å². The number of hydrogen-bond donors (Lipinski definition) is 1. The Hall–Kier alpha value is -1.06. The van der Waals surface area contributed by atoms with E-state index in [9.17, 15) is 5.11 Å². The van der Waals surface area contributed by atoms with Crippen LogP contribution in [0.3, 0.4) is 0 Å². The molecule has 3 nitrogen and oxygen atoms in total. The Labute approximate surface area is 90.6 Å². The molecule has 1 N–H and O–H groups in total. The van der Waals surface area contributed by atoms with Crippen LogP contribution < -0.4 is 4.74 Å². The summed E-state index contributed by atoms with van der Waals surface area (Å²) < 4.78 is 10.3. The van der Waals surface area contributed by atoms with Gasteiger partial charge in [-0.2, -0.15) is 0 Å². The van der Waals surface area contributed by atoms with Crippen molar-refractivity contribution in [3.63, 3.8) is 0 Å². The normalized spacial score (nSPS) is 11.5. The van der Waals surface area contributed by atoms with Gasteiger partial charge in [0.1, 0.15) is 12.4 Å². The van der Waals surface area contributed by atoms with Crippen molar-refractivity contribution in [2.24, 2.45) is 0 Å². The number of methoxy groups -OCH3 is 1. The Morgan fingerprint density at radius 3 is 2.60 bits per heavy atom. The third-order valence-corrected chi connectivity index (χ3v) is 2.10. The van der Waals surface area contributed by atoms with Crippen LogP contribution in [0.1, 0.15) is 19.4 Å². The smallest absolute Gasteiger partial charge is 0.119 e. The molecule has 0 aliphatic heterocycles. The molecule has 15 heavy (non-hydrogen) atoms. The molecule has 0 heterocycles. The van der Waals surface area contributed by atoms with Crippen LogP contribution in [0.4, 0.5) is 0 Å². The summed E-state index contributed by atoms with van der Waals surface area (Å²) >= 11 is 0. The quantitative estimate of drug-likeness (QED) is 0.755. The van der Waals surface area contributed by atoms with E-state index >= 15 is 0 Å². The number of ether oxygens (including phenoxy) is 2. The van der Waals surface area contributed by atoms with Crippen molar-refractivity contribution < 1.29 is 14.6 Å². The van der Waals surface area contributed by atoms with Crippen molar-refractivity contribution in [2.45, 2.75) is 19.4 Å². The maximum absolute atomic E-state index is 9.80. The van der Waals surface area contributed by atoms with Crippen molar-refractivity contribution in [2.75, 3.05) is 20.3 Å². The molecule has 0 saturated heterocycles. The fraction of sp³-hybridized carbons (Fsp3) is 0.500. The van der Waals surface area contributed by atoms with Crippen molar-refractivity contribution in [1.29, 1.82) is 0 Å². The van der Waals surface area contributed by atoms with Crippen molar-refractivity contribution in [1.82, 2.24) is 0 Å². The third kappa shape index (κ3) is 3.90. The zero-order valence-corrected chi connectivity index (χ0v) is 9.49. The van der Waals surface area contributed by atoms with Crippen LogP contribution in [0.25, 0.3) is 0 Å². The minimum absolute atomic E-state index is 0.520. The van der Waals surface area contributed by atoms with Crippen LogP contribution in [0, 0.1) is 0 Å². The highest BCUT2D eigenvalue weighted by molar-refractivity contribution is 5.31. The summed E-state index contributed by atoms with van der Waals surface area (Å²) in [6, 6.07) is 7.46. The summed E-state index contributed by atoms with van der Waals surface area (Å²) in [5, 5.41) is 9.80. The zero-order valence-electron chi connectivity index (χ0n) is 9.49. The lowest BCUT2D eigenvalue weighted by atomic mass is 9.98. The molecular formula is C12H18O3. The summed E-state index contributed by atoms with van der Waals surface area (Å²) in [5.74, 6) is 0.756. The summed E-state index contributed by atoms with van der Waals surface area (Å²) in [4.78, 5) is 0. The van der Waals surface area contributed by atoms with Gasteiger partial charge in [0, 0.05) is 7.11 Å². The first-order valence-electron chi connectivity index (χ1n) is 4.98. The fourth-order valence-corrected chi connectivity index (χ4v) is 1.21. The Kier molecular flexibility index (Phi) is 4.12. The second kappa shape index (κ2) is 5.14. The molecule has 1 aromatic carbocycles. The minimum Gasteiger partial charge on any atom is -0.491 e. The van der Waals surface area contributed by atoms with E-state index in [4.69, 9.17) is 9.47 Å². The molecule has 1 rings (SSSR count). The van der Waals surface area contributed by atoms with Gasteiger partial charge in [-0.15, -0.1) is 0 Å². The SMILES string of the molecule is COCCOc1cccc(C(C)(C)O)c1. The summed E-state index contributed by atoms with van der Waals surface area (Å²) in [6.45, 7) is 4.58. The summed E-state index contributed by atoms with van der Waals surface area (Å²) in [7, 11) is 1.64. The molecule has 0 unspecified atom stereocenters. The summed E-state index contributed by atoms with van der Waals surface area (Å²) in [5.41, 5.74) is 0.0121. The molecule has 1 aromatic rings. The van der Waals surface area contributed by atoms with Crippen LogP contribution >= 0.6 is 0 Å². The van der Waals surface area contributed by atoms with Crippen LogP contribution in [-0.4, -0.2) is 25.4 Å². The van der Waals surface area contributed by atoms with Crippen LogP contribution in [-0.2, 0) is 10.3 Å². The van der Waals surface area contributed by atoms with Gasteiger partial charge in [0.15, 0.2) is 0 Å². The number of hydrogen-bond acceptors (Lipinski definition) is 3. The molecule has 84 valence electrons. The Morgan fingerprint density at radius 1 is 1.27 bits per heavy atom. The number of benzene rings is 1. The van der Waals surface area contributed by atoms with Crippen LogP contribution in [0.2, 0.25) is 0 Å². The monoisotopic (exact) mass is 210 g/mol. The summed E-state index contributed by atoms with van der Waals surface area (Å²) in [6.07, 6.45) is 0. The van der Waals surface area contributed by atoms with Crippen molar-refractivity contribution in [3.8, 4) is 5.75 Å². The molecule has 0 aliphatic rings. The molecule has 0 aliphatic carbocycles. The first-order valence-corrected chi connectivity index (χ1v) is 4.98. The first kappa shape index (κ1) is 12.0. The zero-order chi connectivity index (χ0) is 11.3. The van der Waals surface area contributed by atoms with E-state index in [2.05, 4.69) is 0 Å². The second-order valence-corrected chi connectivity index (χ2v) is 3.93. The highest BCUT2D eigenvalue weighted by Gasteiger charge is 2.15. The van der Waals surface area contributed by atoms with E-state index in [0.29, 0.717) is 13.2 Å². The van der Waals surface area contributed by atoms with Gasteiger partial charge in [0.25, 0.3) is 0 Å². The standard InChI is InChI=1S/C12H18O3/c1-12(2,13)10-5-4-6-11(9-10)15-8-7-14-3/h4-6,9,13H,7-8H2,1-3H3. The van der Waals surface area contributed by atoms with Gasteiger partial charge < -0.3 is 14.6 Å². The van der Waals surface area contributed by atoms with Gasteiger partial charge in [-0.3, -0.25) is 0 Å². The lowest BCUT2D eigenvalue weighted by molar-refractivity contribution is 0.0780. The molecule has 0 radical (unpaired) electrons. The maximum Gasteiger partial charge on any atom is 0.119 e. The van der Waals surface area contributed by atoms with E-state index in [1.807, 2.05) is 24.3 Å². The number of aliphatic hydroxyl groups is 1. The first-order chi connectivity index (χ1) is 7.04. The van der Waals surface area contributed by atoms with E-state index in [1.165, 1.54) is 0 Å². The van der Waals surface area contributed by atoms with E-state index < -0.39 is 5.60 Å². The molecule has 0 saturated carbocycles. The average molecular weight is 210 g/mol. The van der Waals surface area contributed by atoms with Gasteiger partial charge in [0.05, 0.1) is 12.2 Å². The van der Waals surface area contributed by atoms with Crippen molar-refractivity contribution in [3.05, 3.63) is 29.8 Å². The molecule has 0 bridgehead atoms. The lowest BCUT2D eigenvalue weighted by Gasteiger charge is -2.18. The highest BCUT2D eigenvalue weighted by Crippen LogP contribution is 2.23. The van der Waals surface area contributed by atoms with Gasteiger partial charge in [-0.25, -0.2) is 0 Å². The van der Waals surface area contributed by atoms with E-state index in [-0.39, 0.29) is 0 Å². The van der Waals surface area contributed by atoms with E-state index in [1.54, 1.807) is 21.0 Å². The highest BCUT2D eigenvalue weighted by atomic mass is 16.5. The molecule has 3 heteroatoms. The fourth-order valence-electron chi connectivity index (χ4n) is 1.21. The molecule has 0 amide bonds. The molecule has 0 spiro atoms. The van der Waals surface area contributed by atoms with Crippen LogP contribution in [0.15, 0.2) is 24.3 Å². The van der Waals surface area contributed by atoms with Gasteiger partial charge in [-0.05, 0) is 31.5 Å². The molecule has 0 aromatic heterocycles. The van der Waals surface area contributed by atoms with Crippen molar-refractivity contribution >= 4 is 0 Å². The molecular weight excluding hydrogens is 192 g/mol. The Balaban J connectivity index is 2.66. The molecule has 0 fully saturated rings. The van der Waals surface area contributed by atoms with E-state index in [0.717, 1.165) is 11.3 Å².